The smallest absolute Gasteiger partial charge is 0.0276 e. The van der Waals surface area contributed by atoms with E-state index >= 15 is 0 Å². The molecule has 0 fully saturated rings. The standard InChI is InChI=1S/C14H24/c1-6-8-9-14(7-2)11-10-13(5)12(3)4/h6-9,12-13H,2,10-11H2,1,3-5H3/b8-6-,14-9+. The lowest BCUT2D eigenvalue weighted by Gasteiger charge is -2.15. The summed E-state index contributed by atoms with van der Waals surface area (Å²) < 4.78 is 0. The van der Waals surface area contributed by atoms with E-state index in [9.17, 15) is 0 Å². The molecule has 0 heteroatoms. The van der Waals surface area contributed by atoms with E-state index in [4.69, 9.17) is 0 Å². The lowest BCUT2D eigenvalue weighted by atomic mass is 9.91. The van der Waals surface area contributed by atoms with Crippen molar-refractivity contribution in [3.05, 3.63) is 36.5 Å². The van der Waals surface area contributed by atoms with Gasteiger partial charge in [-0.3, -0.25) is 0 Å². The molecule has 0 saturated carbocycles. The highest BCUT2D eigenvalue weighted by atomic mass is 14.1. The molecule has 0 aromatic heterocycles. The molecule has 1 atom stereocenters. The average Bonchev–Trinajstić information content (AvgIpc) is 2.17. The second-order valence-corrected chi connectivity index (χ2v) is 4.23. The minimum absolute atomic E-state index is 0.780. The van der Waals surface area contributed by atoms with Crippen molar-refractivity contribution in [1.82, 2.24) is 0 Å². The summed E-state index contributed by atoms with van der Waals surface area (Å²) in [5.41, 5.74) is 1.34. The molecular weight excluding hydrogens is 168 g/mol. The zero-order chi connectivity index (χ0) is 11.0. The Labute approximate surface area is 89.4 Å². The zero-order valence-corrected chi connectivity index (χ0v) is 10.1. The molecule has 0 bridgehead atoms. The molecule has 0 aliphatic rings. The lowest BCUT2D eigenvalue weighted by molar-refractivity contribution is 0.393. The average molecular weight is 192 g/mol. The third-order valence-corrected chi connectivity index (χ3v) is 2.79. The molecule has 14 heavy (non-hydrogen) atoms. The first-order valence-electron chi connectivity index (χ1n) is 5.56. The molecule has 0 aromatic rings. The molecular formula is C14H24. The van der Waals surface area contributed by atoms with Gasteiger partial charge >= 0.3 is 0 Å². The molecule has 0 amide bonds. The van der Waals surface area contributed by atoms with Crippen LogP contribution < -0.4 is 0 Å². The summed E-state index contributed by atoms with van der Waals surface area (Å²) in [4.78, 5) is 0. The summed E-state index contributed by atoms with van der Waals surface area (Å²) in [6, 6.07) is 0. The maximum absolute atomic E-state index is 3.83. The molecule has 0 aliphatic heterocycles. The third kappa shape index (κ3) is 5.80. The monoisotopic (exact) mass is 192 g/mol. The van der Waals surface area contributed by atoms with Crippen LogP contribution in [0.3, 0.4) is 0 Å². The van der Waals surface area contributed by atoms with Crippen molar-refractivity contribution in [3.63, 3.8) is 0 Å². The normalized spacial score (nSPS) is 15.1. The molecule has 0 rings (SSSR count). The van der Waals surface area contributed by atoms with E-state index in [-0.39, 0.29) is 0 Å². The highest BCUT2D eigenvalue weighted by molar-refractivity contribution is 5.21. The Hall–Kier alpha value is -0.780. The molecule has 0 N–H and O–H groups in total. The maximum Gasteiger partial charge on any atom is -0.0276 e. The predicted octanol–water partition coefficient (Wildman–Crippen LogP) is 4.75. The second-order valence-electron chi connectivity index (χ2n) is 4.23. The van der Waals surface area contributed by atoms with E-state index in [1.54, 1.807) is 0 Å². The van der Waals surface area contributed by atoms with Gasteiger partial charge in [0, 0.05) is 0 Å². The van der Waals surface area contributed by atoms with Gasteiger partial charge in [-0.05, 0) is 37.2 Å². The quantitative estimate of drug-likeness (QED) is 0.533. The van der Waals surface area contributed by atoms with Crippen molar-refractivity contribution in [3.8, 4) is 0 Å². The third-order valence-electron chi connectivity index (χ3n) is 2.79. The highest BCUT2D eigenvalue weighted by Gasteiger charge is 2.06. The van der Waals surface area contributed by atoms with Gasteiger partial charge in [-0.25, -0.2) is 0 Å². The van der Waals surface area contributed by atoms with Gasteiger partial charge in [0.1, 0.15) is 0 Å². The molecule has 0 spiro atoms. The van der Waals surface area contributed by atoms with Crippen LogP contribution in [-0.2, 0) is 0 Å². The predicted molar refractivity (Wildman–Crippen MR) is 66.3 cm³/mol. The van der Waals surface area contributed by atoms with Crippen LogP contribution in [0.4, 0.5) is 0 Å². The first kappa shape index (κ1) is 13.2. The van der Waals surface area contributed by atoms with Gasteiger partial charge in [-0.15, -0.1) is 0 Å². The van der Waals surface area contributed by atoms with Crippen LogP contribution in [0.15, 0.2) is 36.5 Å². The van der Waals surface area contributed by atoms with Gasteiger partial charge < -0.3 is 0 Å². The van der Waals surface area contributed by atoms with Gasteiger partial charge in [0.25, 0.3) is 0 Å². The van der Waals surface area contributed by atoms with Crippen LogP contribution in [0.1, 0.15) is 40.5 Å². The first-order chi connectivity index (χ1) is 6.61. The number of hydrogen-bond acceptors (Lipinski definition) is 0. The van der Waals surface area contributed by atoms with Crippen molar-refractivity contribution in [2.75, 3.05) is 0 Å². The van der Waals surface area contributed by atoms with Crippen molar-refractivity contribution in [2.45, 2.75) is 40.5 Å². The van der Waals surface area contributed by atoms with Gasteiger partial charge in [-0.2, -0.15) is 0 Å². The minimum Gasteiger partial charge on any atom is -0.0988 e. The molecule has 0 radical (unpaired) electrons. The first-order valence-corrected chi connectivity index (χ1v) is 5.56. The zero-order valence-electron chi connectivity index (χ0n) is 10.1. The van der Waals surface area contributed by atoms with Crippen LogP contribution in [0, 0.1) is 11.8 Å². The number of allylic oxidation sites excluding steroid dienone is 5. The Kier molecular flexibility index (Phi) is 7.18. The van der Waals surface area contributed by atoms with Crippen molar-refractivity contribution >= 4 is 0 Å². The fraction of sp³-hybridized carbons (Fsp3) is 0.571. The molecule has 0 aromatic carbocycles. The molecule has 0 nitrogen and oxygen atoms in total. The highest BCUT2D eigenvalue weighted by Crippen LogP contribution is 2.19. The van der Waals surface area contributed by atoms with Gasteiger partial charge in [0.2, 0.25) is 0 Å². The van der Waals surface area contributed by atoms with E-state index in [1.807, 2.05) is 13.0 Å². The fourth-order valence-electron chi connectivity index (χ4n) is 1.20. The largest absolute Gasteiger partial charge is 0.0988 e. The number of rotatable bonds is 6. The Morgan fingerprint density at radius 1 is 1.29 bits per heavy atom. The summed E-state index contributed by atoms with van der Waals surface area (Å²) in [5, 5.41) is 0. The Morgan fingerprint density at radius 2 is 1.93 bits per heavy atom. The van der Waals surface area contributed by atoms with E-state index in [0.29, 0.717) is 0 Å². The van der Waals surface area contributed by atoms with Crippen LogP contribution in [-0.4, -0.2) is 0 Å². The SMILES string of the molecule is C=C/C(=C\C=C/C)CCC(C)C(C)C. The van der Waals surface area contributed by atoms with E-state index < -0.39 is 0 Å². The summed E-state index contributed by atoms with van der Waals surface area (Å²) in [7, 11) is 0. The molecule has 0 heterocycles. The lowest BCUT2D eigenvalue weighted by Crippen LogP contribution is -2.03. The summed E-state index contributed by atoms with van der Waals surface area (Å²) in [5.74, 6) is 1.58. The van der Waals surface area contributed by atoms with Crippen molar-refractivity contribution in [2.24, 2.45) is 11.8 Å². The van der Waals surface area contributed by atoms with Crippen LogP contribution in [0.25, 0.3) is 0 Å². The van der Waals surface area contributed by atoms with E-state index in [2.05, 4.69) is 45.6 Å². The van der Waals surface area contributed by atoms with Crippen molar-refractivity contribution in [1.29, 1.82) is 0 Å². The van der Waals surface area contributed by atoms with Gasteiger partial charge in [-0.1, -0.05) is 51.7 Å². The Bertz CT molecular complexity index is 206. The fourth-order valence-corrected chi connectivity index (χ4v) is 1.20. The van der Waals surface area contributed by atoms with Gasteiger partial charge in [0.05, 0.1) is 0 Å². The summed E-state index contributed by atoms with van der Waals surface area (Å²) >= 11 is 0. The summed E-state index contributed by atoms with van der Waals surface area (Å²) in [6.45, 7) is 12.8. The Morgan fingerprint density at radius 3 is 2.36 bits per heavy atom. The molecule has 1 unspecified atom stereocenters. The second kappa shape index (κ2) is 7.61. The van der Waals surface area contributed by atoms with Crippen LogP contribution in [0.5, 0.6) is 0 Å². The van der Waals surface area contributed by atoms with E-state index in [1.165, 1.54) is 12.0 Å². The van der Waals surface area contributed by atoms with E-state index in [0.717, 1.165) is 18.3 Å². The minimum atomic E-state index is 0.780. The summed E-state index contributed by atoms with van der Waals surface area (Å²) in [6.07, 6.45) is 10.7. The van der Waals surface area contributed by atoms with Crippen LogP contribution in [0.2, 0.25) is 0 Å². The van der Waals surface area contributed by atoms with Gasteiger partial charge in [0.15, 0.2) is 0 Å². The molecule has 0 aliphatic carbocycles. The Balaban J connectivity index is 4.02. The maximum atomic E-state index is 3.83. The molecule has 0 saturated heterocycles. The van der Waals surface area contributed by atoms with Crippen LogP contribution >= 0.6 is 0 Å². The topological polar surface area (TPSA) is 0 Å². The molecule has 80 valence electrons. The van der Waals surface area contributed by atoms with Crippen molar-refractivity contribution < 1.29 is 0 Å². The number of hydrogen-bond donors (Lipinski definition) is 0.